The van der Waals surface area contributed by atoms with Crippen molar-refractivity contribution in [1.29, 1.82) is 0 Å². The zero-order valence-corrected chi connectivity index (χ0v) is 11.4. The Balaban J connectivity index is 1.99. The SMILES string of the molecule is CNC(CCc1sccc1Cl)c1ccccc1. The second-order valence-corrected chi connectivity index (χ2v) is 5.39. The number of hydrogen-bond acceptors (Lipinski definition) is 2. The monoisotopic (exact) mass is 265 g/mol. The second kappa shape index (κ2) is 6.20. The molecule has 0 saturated carbocycles. The van der Waals surface area contributed by atoms with Crippen LogP contribution >= 0.6 is 22.9 Å². The number of hydrogen-bond donors (Lipinski definition) is 1. The lowest BCUT2D eigenvalue weighted by Crippen LogP contribution is -2.16. The molecule has 0 saturated heterocycles. The Labute approximate surface area is 111 Å². The molecular weight excluding hydrogens is 250 g/mol. The van der Waals surface area contributed by atoms with Crippen LogP contribution in [0.2, 0.25) is 5.02 Å². The molecule has 0 spiro atoms. The van der Waals surface area contributed by atoms with Crippen LogP contribution in [0.4, 0.5) is 0 Å². The topological polar surface area (TPSA) is 12.0 Å². The van der Waals surface area contributed by atoms with Gasteiger partial charge in [0.05, 0.1) is 5.02 Å². The summed E-state index contributed by atoms with van der Waals surface area (Å²) in [6.45, 7) is 0. The summed E-state index contributed by atoms with van der Waals surface area (Å²) in [5.74, 6) is 0. The van der Waals surface area contributed by atoms with Gasteiger partial charge in [0.15, 0.2) is 0 Å². The Hall–Kier alpha value is -0.830. The molecule has 0 fully saturated rings. The van der Waals surface area contributed by atoms with E-state index in [1.807, 2.05) is 19.2 Å². The Kier molecular flexibility index (Phi) is 4.60. The first-order valence-electron chi connectivity index (χ1n) is 5.75. The number of rotatable bonds is 5. The van der Waals surface area contributed by atoms with Gasteiger partial charge in [0.1, 0.15) is 0 Å². The highest BCUT2D eigenvalue weighted by molar-refractivity contribution is 7.10. The van der Waals surface area contributed by atoms with E-state index in [4.69, 9.17) is 11.6 Å². The Bertz CT molecular complexity index is 452. The van der Waals surface area contributed by atoms with E-state index in [0.717, 1.165) is 17.9 Å². The maximum absolute atomic E-state index is 6.10. The van der Waals surface area contributed by atoms with Crippen molar-refractivity contribution < 1.29 is 0 Å². The summed E-state index contributed by atoms with van der Waals surface area (Å²) < 4.78 is 0. The fraction of sp³-hybridized carbons (Fsp3) is 0.286. The van der Waals surface area contributed by atoms with E-state index in [-0.39, 0.29) is 0 Å². The number of thiophene rings is 1. The van der Waals surface area contributed by atoms with Crippen LogP contribution in [0.25, 0.3) is 0 Å². The molecule has 1 aromatic carbocycles. The second-order valence-electron chi connectivity index (χ2n) is 3.98. The van der Waals surface area contributed by atoms with Crippen molar-refractivity contribution in [3.05, 3.63) is 57.2 Å². The Morgan fingerprint density at radius 2 is 2.00 bits per heavy atom. The van der Waals surface area contributed by atoms with Crippen LogP contribution in [0.3, 0.4) is 0 Å². The van der Waals surface area contributed by atoms with Gasteiger partial charge in [0.2, 0.25) is 0 Å². The highest BCUT2D eigenvalue weighted by Crippen LogP contribution is 2.26. The van der Waals surface area contributed by atoms with Gasteiger partial charge in [-0.15, -0.1) is 11.3 Å². The largest absolute Gasteiger partial charge is 0.313 e. The first kappa shape index (κ1) is 12.6. The van der Waals surface area contributed by atoms with Crippen molar-refractivity contribution >= 4 is 22.9 Å². The Morgan fingerprint density at radius 1 is 1.24 bits per heavy atom. The summed E-state index contributed by atoms with van der Waals surface area (Å²) >= 11 is 7.84. The molecule has 0 radical (unpaired) electrons. The van der Waals surface area contributed by atoms with Crippen molar-refractivity contribution in [3.63, 3.8) is 0 Å². The van der Waals surface area contributed by atoms with Crippen LogP contribution in [0, 0.1) is 0 Å². The van der Waals surface area contributed by atoms with Gasteiger partial charge in [0, 0.05) is 10.9 Å². The molecular formula is C14H16ClNS. The van der Waals surface area contributed by atoms with Crippen LogP contribution in [0.1, 0.15) is 22.9 Å². The third-order valence-corrected chi connectivity index (χ3v) is 4.35. The predicted octanol–water partition coefficient (Wildman–Crippen LogP) is 4.29. The van der Waals surface area contributed by atoms with Crippen molar-refractivity contribution in [2.24, 2.45) is 0 Å². The van der Waals surface area contributed by atoms with Gasteiger partial charge >= 0.3 is 0 Å². The fourth-order valence-corrected chi connectivity index (χ4v) is 3.09. The molecule has 1 atom stereocenters. The van der Waals surface area contributed by atoms with Gasteiger partial charge in [0.25, 0.3) is 0 Å². The van der Waals surface area contributed by atoms with Crippen molar-refractivity contribution in [3.8, 4) is 0 Å². The minimum atomic E-state index is 0.398. The van der Waals surface area contributed by atoms with Gasteiger partial charge in [-0.05, 0) is 36.9 Å². The van der Waals surface area contributed by atoms with Crippen molar-refractivity contribution in [1.82, 2.24) is 5.32 Å². The van der Waals surface area contributed by atoms with Gasteiger partial charge in [-0.25, -0.2) is 0 Å². The van der Waals surface area contributed by atoms with Gasteiger partial charge in [-0.1, -0.05) is 41.9 Å². The molecule has 1 nitrogen and oxygen atoms in total. The fourth-order valence-electron chi connectivity index (χ4n) is 1.94. The van der Waals surface area contributed by atoms with Crippen LogP contribution in [-0.2, 0) is 6.42 Å². The van der Waals surface area contributed by atoms with E-state index < -0.39 is 0 Å². The van der Waals surface area contributed by atoms with Crippen molar-refractivity contribution in [2.45, 2.75) is 18.9 Å². The maximum atomic E-state index is 6.10. The van der Waals surface area contributed by atoms with E-state index in [1.54, 1.807) is 11.3 Å². The first-order valence-corrected chi connectivity index (χ1v) is 7.01. The van der Waals surface area contributed by atoms with Crippen LogP contribution in [0.5, 0.6) is 0 Å². The number of nitrogens with one attached hydrogen (secondary N) is 1. The lowest BCUT2D eigenvalue weighted by Gasteiger charge is -2.16. The van der Waals surface area contributed by atoms with E-state index in [1.165, 1.54) is 10.4 Å². The molecule has 0 aliphatic rings. The highest BCUT2D eigenvalue weighted by Gasteiger charge is 2.10. The summed E-state index contributed by atoms with van der Waals surface area (Å²) in [6, 6.07) is 12.9. The first-order chi connectivity index (χ1) is 8.31. The molecule has 2 aromatic rings. The Morgan fingerprint density at radius 3 is 2.59 bits per heavy atom. The summed E-state index contributed by atoms with van der Waals surface area (Å²) in [5.41, 5.74) is 1.34. The standard InChI is InChI=1S/C14H16ClNS/c1-16-13(11-5-3-2-4-6-11)7-8-14-12(15)9-10-17-14/h2-6,9-10,13,16H,7-8H2,1H3. The highest BCUT2D eigenvalue weighted by atomic mass is 35.5. The lowest BCUT2D eigenvalue weighted by atomic mass is 10.0. The summed E-state index contributed by atoms with van der Waals surface area (Å²) in [7, 11) is 2.01. The zero-order chi connectivity index (χ0) is 12.1. The third-order valence-electron chi connectivity index (χ3n) is 2.90. The van der Waals surface area contributed by atoms with Gasteiger partial charge in [-0.2, -0.15) is 0 Å². The van der Waals surface area contributed by atoms with E-state index in [0.29, 0.717) is 6.04 Å². The molecule has 1 aromatic heterocycles. The van der Waals surface area contributed by atoms with Crippen LogP contribution < -0.4 is 5.32 Å². The average Bonchev–Trinajstić information content (AvgIpc) is 2.77. The molecule has 0 bridgehead atoms. The maximum Gasteiger partial charge on any atom is 0.0544 e. The number of benzene rings is 1. The minimum Gasteiger partial charge on any atom is -0.313 e. The average molecular weight is 266 g/mol. The molecule has 1 N–H and O–H groups in total. The molecule has 17 heavy (non-hydrogen) atoms. The zero-order valence-electron chi connectivity index (χ0n) is 9.82. The third kappa shape index (κ3) is 3.32. The van der Waals surface area contributed by atoms with Gasteiger partial charge in [-0.3, -0.25) is 0 Å². The number of halogens is 1. The minimum absolute atomic E-state index is 0.398. The predicted molar refractivity (Wildman–Crippen MR) is 75.9 cm³/mol. The number of aryl methyl sites for hydroxylation is 1. The van der Waals surface area contributed by atoms with Gasteiger partial charge < -0.3 is 5.32 Å². The smallest absolute Gasteiger partial charge is 0.0544 e. The molecule has 1 heterocycles. The van der Waals surface area contributed by atoms with E-state index in [2.05, 4.69) is 35.0 Å². The van der Waals surface area contributed by atoms with E-state index >= 15 is 0 Å². The molecule has 2 rings (SSSR count). The van der Waals surface area contributed by atoms with Crippen LogP contribution in [0.15, 0.2) is 41.8 Å². The normalized spacial score (nSPS) is 12.6. The van der Waals surface area contributed by atoms with E-state index in [9.17, 15) is 0 Å². The van der Waals surface area contributed by atoms with Crippen LogP contribution in [-0.4, -0.2) is 7.05 Å². The molecule has 3 heteroatoms. The molecule has 0 aliphatic carbocycles. The molecule has 1 unspecified atom stereocenters. The lowest BCUT2D eigenvalue weighted by molar-refractivity contribution is 0.551. The summed E-state index contributed by atoms with van der Waals surface area (Å²) in [4.78, 5) is 1.28. The molecule has 90 valence electrons. The quantitative estimate of drug-likeness (QED) is 0.850. The molecule has 0 aliphatic heterocycles. The molecule has 0 amide bonds. The van der Waals surface area contributed by atoms with Crippen molar-refractivity contribution in [2.75, 3.05) is 7.05 Å². The summed E-state index contributed by atoms with van der Waals surface area (Å²) in [5, 5.41) is 6.31. The summed E-state index contributed by atoms with van der Waals surface area (Å²) in [6.07, 6.45) is 2.09.